The number of hydrogen-bond donors (Lipinski definition) is 2. The summed E-state index contributed by atoms with van der Waals surface area (Å²) in [4.78, 5) is 11.2. The van der Waals surface area contributed by atoms with E-state index in [4.69, 9.17) is 21.4 Å². The third kappa shape index (κ3) is 4.72. The van der Waals surface area contributed by atoms with Crippen molar-refractivity contribution in [1.29, 1.82) is 0 Å². The number of halogens is 3. The van der Waals surface area contributed by atoms with Gasteiger partial charge < -0.3 is 15.2 Å². The van der Waals surface area contributed by atoms with Crippen LogP contribution in [0.25, 0.3) is 0 Å². The average Bonchev–Trinajstić information content (AvgIpc) is 2.78. The summed E-state index contributed by atoms with van der Waals surface area (Å²) in [6, 6.07) is 6.44. The van der Waals surface area contributed by atoms with Gasteiger partial charge in [-0.2, -0.15) is 8.78 Å². The molecule has 1 aliphatic carbocycles. The Morgan fingerprint density at radius 1 is 1.27 bits per heavy atom. The number of aromatic nitrogens is 2. The van der Waals surface area contributed by atoms with Crippen molar-refractivity contribution in [1.82, 2.24) is 14.9 Å². The first-order valence-corrected chi connectivity index (χ1v) is 10.5. The van der Waals surface area contributed by atoms with Crippen molar-refractivity contribution in [3.05, 3.63) is 51.9 Å². The SMILES string of the molecule is OCC(F)(F)c1cccc(CNc2nc(Cl)nc3c2CC(N2CCOCC2)CC3)c1. The van der Waals surface area contributed by atoms with Gasteiger partial charge in [-0.3, -0.25) is 4.90 Å². The molecular formula is C21H25ClF2N4O2. The van der Waals surface area contributed by atoms with Gasteiger partial charge in [0.05, 0.1) is 18.9 Å². The number of ether oxygens (including phenoxy) is 1. The highest BCUT2D eigenvalue weighted by Gasteiger charge is 2.31. The van der Waals surface area contributed by atoms with Gasteiger partial charge in [0.25, 0.3) is 5.92 Å². The van der Waals surface area contributed by atoms with Gasteiger partial charge in [0, 0.05) is 36.8 Å². The average molecular weight is 439 g/mol. The monoisotopic (exact) mass is 438 g/mol. The zero-order valence-corrected chi connectivity index (χ0v) is 17.3. The van der Waals surface area contributed by atoms with Crippen molar-refractivity contribution in [2.24, 2.45) is 0 Å². The molecule has 1 aliphatic heterocycles. The lowest BCUT2D eigenvalue weighted by Gasteiger charge is -2.37. The number of fused-ring (bicyclic) bond motifs is 1. The first-order chi connectivity index (χ1) is 14.5. The minimum atomic E-state index is -3.27. The number of aryl methyl sites for hydroxylation is 1. The number of anilines is 1. The number of benzene rings is 1. The Morgan fingerprint density at radius 2 is 2.07 bits per heavy atom. The van der Waals surface area contributed by atoms with E-state index in [9.17, 15) is 8.78 Å². The van der Waals surface area contributed by atoms with Gasteiger partial charge in [0.2, 0.25) is 5.28 Å². The summed E-state index contributed by atoms with van der Waals surface area (Å²) in [6.07, 6.45) is 2.65. The van der Waals surface area contributed by atoms with E-state index < -0.39 is 12.5 Å². The van der Waals surface area contributed by atoms with Crippen molar-refractivity contribution in [2.45, 2.75) is 37.8 Å². The second-order valence-corrected chi connectivity index (χ2v) is 8.07. The molecule has 4 rings (SSSR count). The Morgan fingerprint density at radius 3 is 2.83 bits per heavy atom. The molecule has 1 saturated heterocycles. The van der Waals surface area contributed by atoms with Gasteiger partial charge in [-0.15, -0.1) is 0 Å². The van der Waals surface area contributed by atoms with E-state index in [1.165, 1.54) is 12.1 Å². The van der Waals surface area contributed by atoms with E-state index in [0.717, 1.165) is 56.8 Å². The summed E-state index contributed by atoms with van der Waals surface area (Å²) < 4.78 is 33.1. The summed E-state index contributed by atoms with van der Waals surface area (Å²) in [5.41, 5.74) is 2.45. The lowest BCUT2D eigenvalue weighted by Crippen LogP contribution is -2.46. The highest BCUT2D eigenvalue weighted by Crippen LogP contribution is 2.31. The summed E-state index contributed by atoms with van der Waals surface area (Å²) in [7, 11) is 0. The van der Waals surface area contributed by atoms with E-state index in [2.05, 4.69) is 20.2 Å². The van der Waals surface area contributed by atoms with Crippen molar-refractivity contribution in [3.63, 3.8) is 0 Å². The van der Waals surface area contributed by atoms with Crippen molar-refractivity contribution >= 4 is 17.4 Å². The predicted molar refractivity (Wildman–Crippen MR) is 110 cm³/mol. The second-order valence-electron chi connectivity index (χ2n) is 7.73. The molecule has 0 bridgehead atoms. The molecule has 9 heteroatoms. The maximum absolute atomic E-state index is 13.8. The first-order valence-electron chi connectivity index (χ1n) is 10.2. The van der Waals surface area contributed by atoms with Crippen LogP contribution in [-0.2, 0) is 30.0 Å². The van der Waals surface area contributed by atoms with Crippen molar-refractivity contribution in [3.8, 4) is 0 Å². The normalized spacial score (nSPS) is 20.1. The zero-order chi connectivity index (χ0) is 21.1. The molecular weight excluding hydrogens is 414 g/mol. The largest absolute Gasteiger partial charge is 0.390 e. The number of morpholine rings is 1. The van der Waals surface area contributed by atoms with E-state index >= 15 is 0 Å². The molecule has 0 amide bonds. The van der Waals surface area contributed by atoms with Crippen LogP contribution in [0.2, 0.25) is 5.28 Å². The van der Waals surface area contributed by atoms with Crippen LogP contribution in [0.5, 0.6) is 0 Å². The summed E-state index contributed by atoms with van der Waals surface area (Å²) in [5.74, 6) is -2.61. The molecule has 162 valence electrons. The smallest absolute Gasteiger partial charge is 0.295 e. The standard InChI is InChI=1S/C21H25ClF2N4O2/c22-20-26-18-5-4-16(28-6-8-30-9-7-28)11-17(18)19(27-20)25-12-14-2-1-3-15(10-14)21(23,24)13-29/h1-3,10,16,29H,4-9,11-13H2,(H,25,26,27). The minimum absolute atomic E-state index is 0.182. The number of rotatable bonds is 6. The van der Waals surface area contributed by atoms with Crippen LogP contribution in [0.15, 0.2) is 24.3 Å². The van der Waals surface area contributed by atoms with Crippen LogP contribution in [0.3, 0.4) is 0 Å². The Hall–Kier alpha value is -1.87. The van der Waals surface area contributed by atoms with Gasteiger partial charge in [0.1, 0.15) is 12.4 Å². The van der Waals surface area contributed by atoms with Gasteiger partial charge in [-0.1, -0.05) is 18.2 Å². The van der Waals surface area contributed by atoms with E-state index in [0.29, 0.717) is 24.0 Å². The molecule has 1 fully saturated rings. The summed E-state index contributed by atoms with van der Waals surface area (Å²) in [6.45, 7) is 2.44. The molecule has 0 radical (unpaired) electrons. The van der Waals surface area contributed by atoms with E-state index in [1.807, 2.05) is 0 Å². The molecule has 0 spiro atoms. The molecule has 1 aromatic carbocycles. The van der Waals surface area contributed by atoms with Gasteiger partial charge in [0.15, 0.2) is 0 Å². The molecule has 2 N–H and O–H groups in total. The van der Waals surface area contributed by atoms with Gasteiger partial charge in [-0.05, 0) is 42.5 Å². The topological polar surface area (TPSA) is 70.5 Å². The molecule has 2 heterocycles. The first kappa shape index (κ1) is 21.4. The minimum Gasteiger partial charge on any atom is -0.390 e. The lowest BCUT2D eigenvalue weighted by molar-refractivity contribution is -0.0556. The maximum atomic E-state index is 13.8. The number of aliphatic hydroxyl groups is 1. The van der Waals surface area contributed by atoms with Crippen LogP contribution in [-0.4, -0.2) is 58.9 Å². The van der Waals surface area contributed by atoms with Crippen LogP contribution < -0.4 is 5.32 Å². The molecule has 1 atom stereocenters. The van der Waals surface area contributed by atoms with Crippen molar-refractivity contribution < 1.29 is 18.6 Å². The van der Waals surface area contributed by atoms with Gasteiger partial charge in [-0.25, -0.2) is 9.97 Å². The maximum Gasteiger partial charge on any atom is 0.295 e. The summed E-state index contributed by atoms with van der Waals surface area (Å²) >= 11 is 6.14. The molecule has 1 unspecified atom stereocenters. The van der Waals surface area contributed by atoms with Crippen LogP contribution in [0, 0.1) is 0 Å². The van der Waals surface area contributed by atoms with Crippen molar-refractivity contribution in [2.75, 3.05) is 38.2 Å². The Bertz CT molecular complexity index is 893. The third-order valence-electron chi connectivity index (χ3n) is 5.79. The number of aliphatic hydroxyl groups excluding tert-OH is 1. The Balaban J connectivity index is 1.51. The fourth-order valence-corrected chi connectivity index (χ4v) is 4.34. The predicted octanol–water partition coefficient (Wildman–Crippen LogP) is 3.02. The molecule has 2 aliphatic rings. The number of alkyl halides is 2. The van der Waals surface area contributed by atoms with Gasteiger partial charge >= 0.3 is 0 Å². The highest BCUT2D eigenvalue weighted by molar-refractivity contribution is 6.28. The molecule has 6 nitrogen and oxygen atoms in total. The Labute approximate surface area is 179 Å². The van der Waals surface area contributed by atoms with Crippen LogP contribution in [0.1, 0.15) is 28.8 Å². The highest BCUT2D eigenvalue weighted by atomic mass is 35.5. The van der Waals surface area contributed by atoms with E-state index in [1.54, 1.807) is 12.1 Å². The molecule has 30 heavy (non-hydrogen) atoms. The second kappa shape index (κ2) is 9.09. The number of nitrogens with one attached hydrogen (secondary N) is 1. The molecule has 2 aromatic rings. The third-order valence-corrected chi connectivity index (χ3v) is 5.96. The zero-order valence-electron chi connectivity index (χ0n) is 16.6. The number of hydrogen-bond acceptors (Lipinski definition) is 6. The van der Waals surface area contributed by atoms with Crippen LogP contribution in [0.4, 0.5) is 14.6 Å². The number of nitrogens with zero attached hydrogens (tertiary/aromatic N) is 3. The lowest BCUT2D eigenvalue weighted by atomic mass is 9.90. The van der Waals surface area contributed by atoms with E-state index in [-0.39, 0.29) is 10.8 Å². The van der Waals surface area contributed by atoms with Crippen LogP contribution >= 0.6 is 11.6 Å². The molecule has 0 saturated carbocycles. The fraction of sp³-hybridized carbons (Fsp3) is 0.524. The fourth-order valence-electron chi connectivity index (χ4n) is 4.15. The quantitative estimate of drug-likeness (QED) is 0.676. The Kier molecular flexibility index (Phi) is 6.48. The molecule has 1 aromatic heterocycles. The summed E-state index contributed by atoms with van der Waals surface area (Å²) in [5, 5.41) is 12.4.